The van der Waals surface area contributed by atoms with Gasteiger partial charge in [-0.2, -0.15) is 5.26 Å². The van der Waals surface area contributed by atoms with E-state index in [0.717, 1.165) is 11.1 Å². The Morgan fingerprint density at radius 3 is 2.86 bits per heavy atom. The first kappa shape index (κ1) is 10.5. The van der Waals surface area contributed by atoms with E-state index in [1.54, 1.807) is 12.1 Å². The van der Waals surface area contributed by atoms with Gasteiger partial charge in [0.05, 0.1) is 11.6 Å². The Kier molecular flexibility index (Phi) is 3.44. The van der Waals surface area contributed by atoms with Crippen molar-refractivity contribution in [2.75, 3.05) is 6.61 Å². The van der Waals surface area contributed by atoms with Crippen molar-refractivity contribution >= 4 is 6.08 Å². The molecule has 0 spiro atoms. The fourth-order valence-electron chi connectivity index (χ4n) is 1.44. The molecule has 2 heteroatoms. The summed E-state index contributed by atoms with van der Waals surface area (Å²) in [5, 5.41) is 17.9. The normalized spacial score (nSPS) is 11.8. The monoisotopic (exact) mass is 187 g/mol. The van der Waals surface area contributed by atoms with Crippen molar-refractivity contribution < 1.29 is 5.11 Å². The van der Waals surface area contributed by atoms with E-state index in [1.165, 1.54) is 0 Å². The predicted octanol–water partition coefficient (Wildman–Crippen LogP) is 2.30. The smallest absolute Gasteiger partial charge is 0.0998 e. The van der Waals surface area contributed by atoms with E-state index in [4.69, 9.17) is 10.4 Å². The van der Waals surface area contributed by atoms with Crippen LogP contribution < -0.4 is 0 Å². The molecule has 0 heterocycles. The van der Waals surface area contributed by atoms with E-state index in [0.29, 0.717) is 5.56 Å². The summed E-state index contributed by atoms with van der Waals surface area (Å²) in [6.45, 7) is 5.68. The van der Waals surface area contributed by atoms with E-state index in [2.05, 4.69) is 12.6 Å². The van der Waals surface area contributed by atoms with Crippen LogP contribution in [0.1, 0.15) is 29.5 Å². The Morgan fingerprint density at radius 2 is 2.36 bits per heavy atom. The molecule has 0 amide bonds. The largest absolute Gasteiger partial charge is 0.396 e. The average molecular weight is 187 g/mol. The lowest BCUT2D eigenvalue weighted by Crippen LogP contribution is -2.02. The minimum Gasteiger partial charge on any atom is -0.396 e. The van der Waals surface area contributed by atoms with Gasteiger partial charge in [0.25, 0.3) is 0 Å². The number of nitrogens with zero attached hydrogens (tertiary/aromatic N) is 1. The molecule has 1 unspecified atom stereocenters. The molecule has 0 aliphatic rings. The molecule has 0 saturated carbocycles. The van der Waals surface area contributed by atoms with E-state index in [-0.39, 0.29) is 12.5 Å². The Morgan fingerprint density at radius 1 is 1.64 bits per heavy atom. The highest BCUT2D eigenvalue weighted by molar-refractivity contribution is 5.61. The van der Waals surface area contributed by atoms with Gasteiger partial charge in [0, 0.05) is 12.5 Å². The van der Waals surface area contributed by atoms with E-state index < -0.39 is 0 Å². The zero-order valence-electron chi connectivity index (χ0n) is 8.20. The fourth-order valence-corrected chi connectivity index (χ4v) is 1.44. The molecule has 1 aromatic carbocycles. The lowest BCUT2D eigenvalue weighted by atomic mass is 9.93. The van der Waals surface area contributed by atoms with E-state index in [1.807, 2.05) is 19.1 Å². The fraction of sp³-hybridized carbons (Fsp3) is 0.250. The van der Waals surface area contributed by atoms with Gasteiger partial charge in [-0.15, -0.1) is 0 Å². The van der Waals surface area contributed by atoms with Gasteiger partial charge in [-0.1, -0.05) is 31.7 Å². The van der Waals surface area contributed by atoms with Gasteiger partial charge in [-0.05, 0) is 17.2 Å². The number of aliphatic hydroxyl groups is 1. The predicted molar refractivity (Wildman–Crippen MR) is 56.7 cm³/mol. The van der Waals surface area contributed by atoms with Crippen molar-refractivity contribution in [3.05, 3.63) is 41.5 Å². The lowest BCUT2D eigenvalue weighted by Gasteiger charge is -2.12. The molecule has 0 radical (unpaired) electrons. The molecule has 1 atom stereocenters. The van der Waals surface area contributed by atoms with Crippen molar-refractivity contribution in [3.8, 4) is 6.07 Å². The Hall–Kier alpha value is -1.59. The molecule has 72 valence electrons. The van der Waals surface area contributed by atoms with Crippen LogP contribution in [-0.4, -0.2) is 11.7 Å². The van der Waals surface area contributed by atoms with Crippen LogP contribution in [0.25, 0.3) is 6.08 Å². The van der Waals surface area contributed by atoms with Crippen LogP contribution in [0.2, 0.25) is 0 Å². The summed E-state index contributed by atoms with van der Waals surface area (Å²) in [6.07, 6.45) is 1.67. The first-order valence-corrected chi connectivity index (χ1v) is 4.51. The molecular weight excluding hydrogens is 174 g/mol. The van der Waals surface area contributed by atoms with Crippen molar-refractivity contribution in [1.82, 2.24) is 0 Å². The van der Waals surface area contributed by atoms with Crippen LogP contribution in [0.5, 0.6) is 0 Å². The standard InChI is InChI=1S/C12H13NO/c1-3-11-10(7-13)5-4-6-12(11)9(2)8-14/h3-6,9,14H,1,8H2,2H3. The molecule has 1 aromatic rings. The molecule has 1 rings (SSSR count). The number of benzene rings is 1. The summed E-state index contributed by atoms with van der Waals surface area (Å²) in [7, 11) is 0. The van der Waals surface area contributed by atoms with Crippen molar-refractivity contribution in [2.24, 2.45) is 0 Å². The Balaban J connectivity index is 3.30. The number of hydrogen-bond donors (Lipinski definition) is 1. The Labute approximate surface area is 84.1 Å². The molecule has 2 nitrogen and oxygen atoms in total. The first-order chi connectivity index (χ1) is 6.74. The maximum atomic E-state index is 9.05. The van der Waals surface area contributed by atoms with Gasteiger partial charge in [0.1, 0.15) is 0 Å². The van der Waals surface area contributed by atoms with Crippen molar-refractivity contribution in [3.63, 3.8) is 0 Å². The third kappa shape index (κ3) is 1.84. The van der Waals surface area contributed by atoms with Gasteiger partial charge in [-0.25, -0.2) is 0 Å². The van der Waals surface area contributed by atoms with Gasteiger partial charge < -0.3 is 5.11 Å². The maximum Gasteiger partial charge on any atom is 0.0998 e. The van der Waals surface area contributed by atoms with Crippen LogP contribution >= 0.6 is 0 Å². The molecule has 0 aliphatic carbocycles. The van der Waals surface area contributed by atoms with Crippen molar-refractivity contribution in [2.45, 2.75) is 12.8 Å². The van der Waals surface area contributed by atoms with Crippen LogP contribution in [0.3, 0.4) is 0 Å². The highest BCUT2D eigenvalue weighted by atomic mass is 16.3. The summed E-state index contributed by atoms with van der Waals surface area (Å²) in [4.78, 5) is 0. The molecule has 0 aliphatic heterocycles. The van der Waals surface area contributed by atoms with Crippen molar-refractivity contribution in [1.29, 1.82) is 5.26 Å². The summed E-state index contributed by atoms with van der Waals surface area (Å²) in [5.74, 6) is 0.0382. The number of rotatable bonds is 3. The molecule has 14 heavy (non-hydrogen) atoms. The molecular formula is C12H13NO. The van der Waals surface area contributed by atoms with Crippen LogP contribution in [0.15, 0.2) is 24.8 Å². The molecule has 0 aromatic heterocycles. The van der Waals surface area contributed by atoms with Crippen LogP contribution in [0, 0.1) is 11.3 Å². The first-order valence-electron chi connectivity index (χ1n) is 4.51. The second-order valence-corrected chi connectivity index (χ2v) is 3.21. The van der Waals surface area contributed by atoms with E-state index in [9.17, 15) is 0 Å². The lowest BCUT2D eigenvalue weighted by molar-refractivity contribution is 0.273. The van der Waals surface area contributed by atoms with Gasteiger partial charge >= 0.3 is 0 Å². The Bertz CT molecular complexity index is 376. The van der Waals surface area contributed by atoms with E-state index >= 15 is 0 Å². The van der Waals surface area contributed by atoms with Gasteiger partial charge in [-0.3, -0.25) is 0 Å². The van der Waals surface area contributed by atoms with Gasteiger partial charge in [0.15, 0.2) is 0 Å². The second kappa shape index (κ2) is 4.59. The third-order valence-corrected chi connectivity index (χ3v) is 2.27. The second-order valence-electron chi connectivity index (χ2n) is 3.21. The van der Waals surface area contributed by atoms with Gasteiger partial charge in [0.2, 0.25) is 0 Å². The number of hydrogen-bond acceptors (Lipinski definition) is 2. The minimum atomic E-state index is 0.0382. The van der Waals surface area contributed by atoms with Crippen LogP contribution in [-0.2, 0) is 0 Å². The highest BCUT2D eigenvalue weighted by Gasteiger charge is 2.10. The summed E-state index contributed by atoms with van der Waals surface area (Å²) in [6, 6.07) is 7.61. The quantitative estimate of drug-likeness (QED) is 0.789. The zero-order valence-corrected chi connectivity index (χ0v) is 8.20. The molecule has 0 fully saturated rings. The third-order valence-electron chi connectivity index (χ3n) is 2.27. The maximum absolute atomic E-state index is 9.05. The summed E-state index contributed by atoms with van der Waals surface area (Å²) >= 11 is 0. The molecule has 0 bridgehead atoms. The summed E-state index contributed by atoms with van der Waals surface area (Å²) < 4.78 is 0. The topological polar surface area (TPSA) is 44.0 Å². The minimum absolute atomic E-state index is 0.0382. The molecule has 0 saturated heterocycles. The SMILES string of the molecule is C=Cc1c(C#N)cccc1C(C)CO. The molecule has 1 N–H and O–H groups in total. The number of aliphatic hydroxyl groups excluding tert-OH is 1. The zero-order chi connectivity index (χ0) is 10.6. The summed E-state index contributed by atoms with van der Waals surface area (Å²) in [5.41, 5.74) is 2.41. The van der Waals surface area contributed by atoms with Crippen LogP contribution in [0.4, 0.5) is 0 Å². The average Bonchev–Trinajstić information content (AvgIpc) is 2.26. The highest BCUT2D eigenvalue weighted by Crippen LogP contribution is 2.23. The number of nitriles is 1.